The van der Waals surface area contributed by atoms with E-state index >= 15 is 0 Å². The van der Waals surface area contributed by atoms with Gasteiger partial charge in [0.15, 0.2) is 26.8 Å². The van der Waals surface area contributed by atoms with Crippen molar-refractivity contribution in [3.63, 3.8) is 0 Å². The molecule has 0 aliphatic carbocycles. The van der Waals surface area contributed by atoms with Gasteiger partial charge in [-0.3, -0.25) is 10.1 Å². The number of oxime groups is 1. The average Bonchev–Trinajstić information content (AvgIpc) is 3.62. The fourth-order valence-electron chi connectivity index (χ4n) is 4.12. The van der Waals surface area contributed by atoms with Gasteiger partial charge in [0.2, 0.25) is 0 Å². The van der Waals surface area contributed by atoms with Gasteiger partial charge in [-0.1, -0.05) is 28.6 Å². The van der Waals surface area contributed by atoms with Gasteiger partial charge in [0.1, 0.15) is 16.2 Å². The molecule has 2 aromatic heterocycles. The number of carbonyl (C=O) groups is 1. The zero-order chi connectivity index (χ0) is 29.2. The van der Waals surface area contributed by atoms with Gasteiger partial charge in [0, 0.05) is 39.3 Å². The topological polar surface area (TPSA) is 144 Å². The summed E-state index contributed by atoms with van der Waals surface area (Å²) >= 11 is 1.26. The number of ether oxygens (including phenoxy) is 2. The van der Waals surface area contributed by atoms with Crippen LogP contribution in [-0.2, 0) is 28.9 Å². The molecule has 12 nitrogen and oxygen atoms in total. The van der Waals surface area contributed by atoms with Crippen LogP contribution in [0.1, 0.15) is 24.8 Å². The van der Waals surface area contributed by atoms with Crippen molar-refractivity contribution in [1.82, 2.24) is 15.3 Å². The molecule has 1 aromatic carbocycles. The second kappa shape index (κ2) is 14.6. The van der Waals surface area contributed by atoms with Crippen LogP contribution >= 0.6 is 11.3 Å². The summed E-state index contributed by atoms with van der Waals surface area (Å²) in [5.74, 6) is 0.246. The highest BCUT2D eigenvalue weighted by Gasteiger charge is 2.22. The Morgan fingerprint density at radius 3 is 2.71 bits per heavy atom. The molecule has 1 amide bonds. The zero-order valence-corrected chi connectivity index (χ0v) is 25.1. The van der Waals surface area contributed by atoms with E-state index in [0.29, 0.717) is 53.7 Å². The summed E-state index contributed by atoms with van der Waals surface area (Å²) in [4.78, 5) is 31.2. The van der Waals surface area contributed by atoms with Crippen LogP contribution in [-0.4, -0.2) is 96.0 Å². The lowest BCUT2D eigenvalue weighted by Crippen LogP contribution is -2.25. The first-order valence-corrected chi connectivity index (χ1v) is 15.9. The summed E-state index contributed by atoms with van der Waals surface area (Å²) in [7, 11) is 1.95. The fourth-order valence-corrected chi connectivity index (χ4v) is 6.23. The standard InChI is InChI=1S/C27H36N6O6S2/c1-28-13-4-14-33(2)23-11-10-22-26(30-23)40-27(29-22)31-25(34)24(32-39-20-12-16-38-18-20)19-6-8-21(9-7-19)41(35,36)17-5-15-37-3/h6-11,20,28H,4-5,12-18H2,1-3H3,(H,29,31,34)/b32-24+/t20-/m1/s1. The molecular weight excluding hydrogens is 568 g/mol. The van der Waals surface area contributed by atoms with E-state index in [2.05, 4.69) is 25.7 Å². The molecule has 0 unspecified atom stereocenters. The van der Waals surface area contributed by atoms with Gasteiger partial charge in [-0.2, -0.15) is 0 Å². The van der Waals surface area contributed by atoms with Crippen molar-refractivity contribution in [3.8, 4) is 0 Å². The molecular formula is C27H36N6O6S2. The maximum atomic E-state index is 13.4. The Labute approximate surface area is 244 Å². The van der Waals surface area contributed by atoms with Gasteiger partial charge < -0.3 is 24.5 Å². The number of benzene rings is 1. The van der Waals surface area contributed by atoms with Gasteiger partial charge in [-0.15, -0.1) is 0 Å². The fraction of sp³-hybridized carbons (Fsp3) is 0.481. The molecule has 222 valence electrons. The lowest BCUT2D eigenvalue weighted by Gasteiger charge is -2.17. The molecule has 1 aliphatic rings. The van der Waals surface area contributed by atoms with E-state index in [-0.39, 0.29) is 22.5 Å². The van der Waals surface area contributed by atoms with Crippen LogP contribution in [0, 0.1) is 0 Å². The van der Waals surface area contributed by atoms with Crippen LogP contribution in [0.3, 0.4) is 0 Å². The van der Waals surface area contributed by atoms with E-state index < -0.39 is 15.7 Å². The van der Waals surface area contributed by atoms with Crippen LogP contribution in [0.25, 0.3) is 10.3 Å². The number of nitrogens with one attached hydrogen (secondary N) is 2. The molecule has 3 aromatic rings. The maximum absolute atomic E-state index is 13.4. The number of hydrogen-bond donors (Lipinski definition) is 2. The smallest absolute Gasteiger partial charge is 0.280 e. The Kier molecular flexibility index (Phi) is 11.0. The maximum Gasteiger partial charge on any atom is 0.280 e. The molecule has 1 atom stereocenters. The van der Waals surface area contributed by atoms with Gasteiger partial charge in [0.05, 0.1) is 23.9 Å². The molecule has 14 heteroatoms. The average molecular weight is 605 g/mol. The first kappa shape index (κ1) is 30.8. The largest absolute Gasteiger partial charge is 0.389 e. The lowest BCUT2D eigenvalue weighted by molar-refractivity contribution is -0.110. The Morgan fingerprint density at radius 1 is 1.20 bits per heavy atom. The number of rotatable bonds is 15. The molecule has 1 aliphatic heterocycles. The first-order valence-electron chi connectivity index (χ1n) is 13.4. The van der Waals surface area contributed by atoms with E-state index in [1.54, 1.807) is 12.1 Å². The third-order valence-electron chi connectivity index (χ3n) is 6.42. The number of nitrogens with zero attached hydrogens (tertiary/aromatic N) is 4. The van der Waals surface area contributed by atoms with Gasteiger partial charge in [-0.05, 0) is 50.7 Å². The van der Waals surface area contributed by atoms with Crippen molar-refractivity contribution >= 4 is 54.1 Å². The van der Waals surface area contributed by atoms with Crippen molar-refractivity contribution < 1.29 is 27.5 Å². The third-order valence-corrected chi connectivity index (χ3v) is 9.11. The number of sulfone groups is 1. The van der Waals surface area contributed by atoms with Crippen LogP contribution in [0.5, 0.6) is 0 Å². The Hall–Kier alpha value is -3.17. The number of methoxy groups -OCH3 is 1. The van der Waals surface area contributed by atoms with Crippen molar-refractivity contribution in [3.05, 3.63) is 42.0 Å². The number of aromatic nitrogens is 2. The van der Waals surface area contributed by atoms with Crippen LogP contribution in [0.15, 0.2) is 46.4 Å². The summed E-state index contributed by atoms with van der Waals surface area (Å²) in [6.45, 7) is 3.06. The summed E-state index contributed by atoms with van der Waals surface area (Å²) in [6, 6.07) is 9.81. The predicted molar refractivity (Wildman–Crippen MR) is 160 cm³/mol. The Balaban J connectivity index is 1.52. The van der Waals surface area contributed by atoms with Gasteiger partial charge in [0.25, 0.3) is 5.91 Å². The highest BCUT2D eigenvalue weighted by atomic mass is 32.2. The van der Waals surface area contributed by atoms with Crippen LogP contribution < -0.4 is 15.5 Å². The van der Waals surface area contributed by atoms with E-state index in [9.17, 15) is 13.2 Å². The van der Waals surface area contributed by atoms with E-state index in [1.807, 2.05) is 26.2 Å². The quantitative estimate of drug-likeness (QED) is 0.151. The Bertz CT molecular complexity index is 1440. The highest BCUT2D eigenvalue weighted by molar-refractivity contribution is 7.91. The number of carbonyl (C=O) groups excluding carboxylic acids is 1. The molecule has 1 saturated heterocycles. The second-order valence-corrected chi connectivity index (χ2v) is 12.7. The minimum Gasteiger partial charge on any atom is -0.389 e. The van der Waals surface area contributed by atoms with Gasteiger partial charge >= 0.3 is 0 Å². The van der Waals surface area contributed by atoms with Crippen molar-refractivity contribution in [2.45, 2.75) is 30.3 Å². The molecule has 0 radical (unpaired) electrons. The number of hydrogen-bond acceptors (Lipinski definition) is 12. The summed E-state index contributed by atoms with van der Waals surface area (Å²) in [5.41, 5.74) is 1.07. The molecule has 0 spiro atoms. The molecule has 0 saturated carbocycles. The molecule has 0 bridgehead atoms. The van der Waals surface area contributed by atoms with Crippen molar-refractivity contribution in [2.75, 3.05) is 70.1 Å². The zero-order valence-electron chi connectivity index (χ0n) is 23.5. The van der Waals surface area contributed by atoms with Crippen LogP contribution in [0.2, 0.25) is 0 Å². The van der Waals surface area contributed by atoms with Gasteiger partial charge in [-0.25, -0.2) is 18.4 Å². The lowest BCUT2D eigenvalue weighted by atomic mass is 10.1. The SMILES string of the molecule is CNCCCN(C)c1ccc2nc(NC(=O)/C(=N/O[C@@H]3CCOC3)c3ccc(S(=O)(=O)CCCOC)cc3)sc2n1. The second-order valence-electron chi connectivity index (χ2n) is 9.57. The minimum absolute atomic E-state index is 0.00241. The number of pyridine rings is 1. The summed E-state index contributed by atoms with van der Waals surface area (Å²) in [5, 5.41) is 10.5. The number of fused-ring (bicyclic) bond motifs is 1. The molecule has 1 fully saturated rings. The van der Waals surface area contributed by atoms with Crippen molar-refractivity contribution in [2.24, 2.45) is 5.16 Å². The first-order chi connectivity index (χ1) is 19.8. The van der Waals surface area contributed by atoms with E-state index in [1.165, 1.54) is 30.6 Å². The number of anilines is 2. The summed E-state index contributed by atoms with van der Waals surface area (Å²) < 4.78 is 35.6. The normalized spacial score (nSPS) is 15.8. The monoisotopic (exact) mass is 604 g/mol. The van der Waals surface area contributed by atoms with Crippen LogP contribution in [0.4, 0.5) is 10.9 Å². The van der Waals surface area contributed by atoms with E-state index in [0.717, 1.165) is 25.3 Å². The minimum atomic E-state index is -3.49. The highest BCUT2D eigenvalue weighted by Crippen LogP contribution is 2.27. The molecule has 2 N–H and O–H groups in total. The third kappa shape index (κ3) is 8.42. The molecule has 4 rings (SSSR count). The molecule has 41 heavy (non-hydrogen) atoms. The summed E-state index contributed by atoms with van der Waals surface area (Å²) in [6.07, 6.45) is 1.76. The number of thiazole rings is 1. The van der Waals surface area contributed by atoms with E-state index in [4.69, 9.17) is 19.3 Å². The van der Waals surface area contributed by atoms with Crippen molar-refractivity contribution in [1.29, 1.82) is 0 Å². The Morgan fingerprint density at radius 2 is 2.00 bits per heavy atom. The molecule has 3 heterocycles. The predicted octanol–water partition coefficient (Wildman–Crippen LogP) is 2.70. The number of amides is 1.